The number of methoxy groups -OCH3 is 2. The van der Waals surface area contributed by atoms with E-state index in [0.717, 1.165) is 0 Å². The number of hydrogen-bond donors (Lipinski definition) is 0. The van der Waals surface area contributed by atoms with Gasteiger partial charge in [0.05, 0.1) is 35.8 Å². The van der Waals surface area contributed by atoms with E-state index in [9.17, 15) is 19.7 Å². The molecule has 0 unspecified atom stereocenters. The average molecular weight is 435 g/mol. The van der Waals surface area contributed by atoms with Crippen molar-refractivity contribution in [1.82, 2.24) is 0 Å². The number of carbonyl (C=O) groups excluding carboxylic acids is 2. The number of fused-ring (bicyclic) bond motifs is 5. The molecule has 162 valence electrons. The van der Waals surface area contributed by atoms with Gasteiger partial charge in [-0.2, -0.15) is 0 Å². The summed E-state index contributed by atoms with van der Waals surface area (Å²) >= 11 is 0. The molecular formula is C23H17NO8. The zero-order chi connectivity index (χ0) is 22.8. The molecule has 0 saturated carbocycles. The van der Waals surface area contributed by atoms with Gasteiger partial charge in [0.2, 0.25) is 0 Å². The minimum absolute atomic E-state index is 0.0225. The summed E-state index contributed by atoms with van der Waals surface area (Å²) in [5, 5.41) is 11.7. The van der Waals surface area contributed by atoms with Gasteiger partial charge in [-0.3, -0.25) is 10.1 Å². The molecule has 0 N–H and O–H groups in total. The first-order valence-electron chi connectivity index (χ1n) is 9.45. The summed E-state index contributed by atoms with van der Waals surface area (Å²) in [4.78, 5) is 37.0. The Hall–Kier alpha value is -4.40. The Morgan fingerprint density at radius 2 is 1.56 bits per heavy atom. The Kier molecular flexibility index (Phi) is 5.46. The first-order valence-corrected chi connectivity index (χ1v) is 9.45. The summed E-state index contributed by atoms with van der Waals surface area (Å²) in [5.74, 6) is -0.726. The van der Waals surface area contributed by atoms with Gasteiger partial charge in [-0.15, -0.1) is 0 Å². The zero-order valence-electron chi connectivity index (χ0n) is 17.1. The molecule has 9 nitrogen and oxygen atoms in total. The van der Waals surface area contributed by atoms with Gasteiger partial charge >= 0.3 is 11.9 Å². The molecule has 1 aliphatic heterocycles. The summed E-state index contributed by atoms with van der Waals surface area (Å²) < 4.78 is 21.5. The van der Waals surface area contributed by atoms with Crippen molar-refractivity contribution in [3.63, 3.8) is 0 Å². The van der Waals surface area contributed by atoms with E-state index in [0.29, 0.717) is 5.56 Å². The highest BCUT2D eigenvalue weighted by molar-refractivity contribution is 6.01. The van der Waals surface area contributed by atoms with Crippen molar-refractivity contribution in [2.45, 2.75) is 6.61 Å². The molecule has 1 aliphatic rings. The maximum absolute atomic E-state index is 13.0. The number of nitro benzene ring substituents is 1. The Morgan fingerprint density at radius 1 is 0.875 bits per heavy atom. The fraction of sp³-hybridized carbons (Fsp3) is 0.130. The molecule has 1 heterocycles. The second-order valence-corrected chi connectivity index (χ2v) is 6.82. The number of para-hydroxylation sites is 1. The van der Waals surface area contributed by atoms with Crippen LogP contribution in [0, 0.1) is 10.1 Å². The molecule has 9 heteroatoms. The first-order chi connectivity index (χ1) is 15.4. The van der Waals surface area contributed by atoms with Crippen LogP contribution in [0.15, 0.2) is 54.6 Å². The van der Waals surface area contributed by atoms with Gasteiger partial charge in [-0.1, -0.05) is 18.2 Å². The Morgan fingerprint density at radius 3 is 2.25 bits per heavy atom. The van der Waals surface area contributed by atoms with Gasteiger partial charge in [-0.05, 0) is 30.3 Å². The van der Waals surface area contributed by atoms with Crippen molar-refractivity contribution in [2.24, 2.45) is 0 Å². The highest BCUT2D eigenvalue weighted by Gasteiger charge is 2.27. The number of carbonyl (C=O) groups is 2. The number of benzene rings is 3. The second kappa shape index (κ2) is 8.38. The number of ether oxygens (including phenoxy) is 4. The fourth-order valence-electron chi connectivity index (χ4n) is 3.41. The van der Waals surface area contributed by atoms with E-state index >= 15 is 0 Å². The summed E-state index contributed by atoms with van der Waals surface area (Å²) in [7, 11) is 2.80. The van der Waals surface area contributed by atoms with E-state index in [-0.39, 0.29) is 51.8 Å². The van der Waals surface area contributed by atoms with Crippen LogP contribution >= 0.6 is 0 Å². The number of esters is 2. The molecule has 32 heavy (non-hydrogen) atoms. The Balaban J connectivity index is 2.02. The van der Waals surface area contributed by atoms with Crippen molar-refractivity contribution in [1.29, 1.82) is 0 Å². The van der Waals surface area contributed by atoms with Crippen LogP contribution < -0.4 is 14.2 Å². The Bertz CT molecular complexity index is 1250. The normalized spacial score (nSPS) is 12.8. The molecule has 0 radical (unpaired) electrons. The first kappa shape index (κ1) is 20.9. The predicted molar refractivity (Wildman–Crippen MR) is 112 cm³/mol. The smallest absolute Gasteiger partial charge is 0.343 e. The zero-order valence-corrected chi connectivity index (χ0v) is 17.1. The largest absolute Gasteiger partial charge is 0.493 e. The van der Waals surface area contributed by atoms with Crippen LogP contribution in [0.2, 0.25) is 0 Å². The van der Waals surface area contributed by atoms with E-state index in [4.69, 9.17) is 18.9 Å². The number of nitro groups is 1. The number of rotatable bonds is 3. The van der Waals surface area contributed by atoms with Crippen molar-refractivity contribution in [3.8, 4) is 28.4 Å². The van der Waals surface area contributed by atoms with Crippen LogP contribution in [-0.4, -0.2) is 31.1 Å². The number of cyclic esters (lactones) is 1. The predicted octanol–water partition coefficient (Wildman–Crippen LogP) is 4.17. The molecule has 0 amide bonds. The molecule has 3 aromatic carbocycles. The number of hydrogen-bond acceptors (Lipinski definition) is 8. The molecule has 0 saturated heterocycles. The molecule has 0 aromatic heterocycles. The monoisotopic (exact) mass is 435 g/mol. The maximum atomic E-state index is 13.0. The SMILES string of the molecule is COc1cc2c(cc1OC)-c1cc(ccc1[N+](=O)[O-])C(=O)Oc1ccccc1COC2=O. The molecule has 0 aliphatic carbocycles. The minimum Gasteiger partial charge on any atom is -0.493 e. The van der Waals surface area contributed by atoms with Crippen LogP contribution in [0.5, 0.6) is 17.2 Å². The summed E-state index contributed by atoms with van der Waals surface area (Å²) in [5.41, 5.74) is 0.470. The van der Waals surface area contributed by atoms with E-state index in [1.165, 1.54) is 44.6 Å². The fourth-order valence-corrected chi connectivity index (χ4v) is 3.41. The van der Waals surface area contributed by atoms with Crippen molar-refractivity contribution < 1.29 is 33.5 Å². The topological polar surface area (TPSA) is 114 Å². The standard InChI is InChI=1S/C23H17NO8/c1-29-20-10-15-16-9-13(7-8-18(16)24(27)28)22(25)32-19-6-4-3-5-14(19)12-31-23(26)17(15)11-21(20)30-2/h3-11H,12H2,1-2H3. The van der Waals surface area contributed by atoms with Gasteiger partial charge in [0.1, 0.15) is 12.4 Å². The van der Waals surface area contributed by atoms with E-state index < -0.39 is 16.9 Å². The minimum atomic E-state index is -0.734. The molecule has 2 bridgehead atoms. The Labute approximate surface area is 182 Å². The van der Waals surface area contributed by atoms with Gasteiger partial charge in [0.25, 0.3) is 5.69 Å². The van der Waals surface area contributed by atoms with Crippen molar-refractivity contribution in [2.75, 3.05) is 14.2 Å². The van der Waals surface area contributed by atoms with E-state index in [1.54, 1.807) is 24.3 Å². The third-order valence-electron chi connectivity index (χ3n) is 5.00. The number of nitrogens with zero attached hydrogens (tertiary/aromatic N) is 1. The molecule has 3 aromatic rings. The van der Waals surface area contributed by atoms with Crippen LogP contribution in [0.25, 0.3) is 11.1 Å². The van der Waals surface area contributed by atoms with E-state index in [1.807, 2.05) is 0 Å². The lowest BCUT2D eigenvalue weighted by atomic mass is 9.95. The molecule has 4 rings (SSSR count). The second-order valence-electron chi connectivity index (χ2n) is 6.82. The highest BCUT2D eigenvalue weighted by Crippen LogP contribution is 2.40. The lowest BCUT2D eigenvalue weighted by molar-refractivity contribution is -0.384. The lowest BCUT2D eigenvalue weighted by Gasteiger charge is -2.17. The molecule has 0 atom stereocenters. The van der Waals surface area contributed by atoms with Crippen LogP contribution in [0.1, 0.15) is 26.3 Å². The third kappa shape index (κ3) is 3.71. The summed E-state index contributed by atoms with van der Waals surface area (Å²) in [6.45, 7) is -0.175. The van der Waals surface area contributed by atoms with Crippen LogP contribution in [0.3, 0.4) is 0 Å². The lowest BCUT2D eigenvalue weighted by Crippen LogP contribution is -2.14. The summed E-state index contributed by atoms with van der Waals surface area (Å²) in [6, 6.07) is 13.3. The van der Waals surface area contributed by atoms with Crippen LogP contribution in [-0.2, 0) is 11.3 Å². The molecule has 0 spiro atoms. The van der Waals surface area contributed by atoms with Gasteiger partial charge in [0, 0.05) is 17.2 Å². The summed E-state index contributed by atoms with van der Waals surface area (Å²) in [6.07, 6.45) is 0. The van der Waals surface area contributed by atoms with Crippen molar-refractivity contribution in [3.05, 3.63) is 81.4 Å². The maximum Gasteiger partial charge on any atom is 0.343 e. The highest BCUT2D eigenvalue weighted by atomic mass is 16.6. The van der Waals surface area contributed by atoms with Gasteiger partial charge in [0.15, 0.2) is 11.5 Å². The van der Waals surface area contributed by atoms with Crippen LogP contribution in [0.4, 0.5) is 5.69 Å². The molecular weight excluding hydrogens is 418 g/mol. The third-order valence-corrected chi connectivity index (χ3v) is 5.00. The quantitative estimate of drug-likeness (QED) is 0.261. The molecule has 0 fully saturated rings. The van der Waals surface area contributed by atoms with Gasteiger partial charge in [-0.25, -0.2) is 9.59 Å². The van der Waals surface area contributed by atoms with E-state index in [2.05, 4.69) is 0 Å². The van der Waals surface area contributed by atoms with Crippen molar-refractivity contribution >= 4 is 17.6 Å². The average Bonchev–Trinajstić information content (AvgIpc) is 2.81. The van der Waals surface area contributed by atoms with Gasteiger partial charge < -0.3 is 18.9 Å².